The number of rotatable bonds is 4. The number of aryl methyl sites for hydroxylation is 1. The van der Waals surface area contributed by atoms with Crippen molar-refractivity contribution in [3.05, 3.63) is 64.6 Å². The van der Waals surface area contributed by atoms with Crippen LogP contribution in [0.1, 0.15) is 23.0 Å². The number of thioether (sulfide) groups is 1. The average Bonchev–Trinajstić information content (AvgIpc) is 2.96. The lowest BCUT2D eigenvalue weighted by molar-refractivity contribution is 0.0995. The van der Waals surface area contributed by atoms with Crippen LogP contribution in [0.25, 0.3) is 10.9 Å². The zero-order chi connectivity index (χ0) is 19.2. The van der Waals surface area contributed by atoms with E-state index in [9.17, 15) is 26.7 Å². The summed E-state index contributed by atoms with van der Waals surface area (Å²) in [4.78, 5) is 14.7. The van der Waals surface area contributed by atoms with E-state index < -0.39 is 45.0 Å². The van der Waals surface area contributed by atoms with Crippen LogP contribution >= 0.6 is 11.8 Å². The number of para-hydroxylation sites is 1. The molecule has 26 heavy (non-hydrogen) atoms. The van der Waals surface area contributed by atoms with Crippen LogP contribution in [0.2, 0.25) is 0 Å². The Balaban J connectivity index is 2.00. The van der Waals surface area contributed by atoms with Gasteiger partial charge in [-0.15, -0.1) is 11.8 Å². The van der Waals surface area contributed by atoms with E-state index in [2.05, 4.69) is 4.98 Å². The Bertz CT molecular complexity index is 1000. The van der Waals surface area contributed by atoms with Crippen molar-refractivity contribution in [2.45, 2.75) is 24.0 Å². The topological polar surface area (TPSA) is 32.9 Å². The van der Waals surface area contributed by atoms with Gasteiger partial charge in [0.2, 0.25) is 5.82 Å². The molecule has 1 aromatic heterocycles. The van der Waals surface area contributed by atoms with E-state index in [0.29, 0.717) is 33.9 Å². The van der Waals surface area contributed by atoms with Crippen LogP contribution in [0, 0.1) is 36.0 Å². The molecule has 1 atom stereocenters. The third kappa shape index (κ3) is 2.88. The Morgan fingerprint density at radius 3 is 2.12 bits per heavy atom. The van der Waals surface area contributed by atoms with Gasteiger partial charge in [-0.1, -0.05) is 18.2 Å². The van der Waals surface area contributed by atoms with Gasteiger partial charge in [-0.05, 0) is 19.9 Å². The molecule has 1 N–H and O–H groups in total. The first-order valence-corrected chi connectivity index (χ1v) is 8.41. The van der Waals surface area contributed by atoms with Crippen molar-refractivity contribution in [3.63, 3.8) is 0 Å². The second-order valence-corrected chi connectivity index (χ2v) is 7.05. The number of aromatic nitrogens is 1. The number of carbonyl (C=O) groups excluding carboxylic acids is 1. The number of hydrogen-bond acceptors (Lipinski definition) is 2. The molecule has 0 unspecified atom stereocenters. The molecule has 2 aromatic carbocycles. The van der Waals surface area contributed by atoms with Gasteiger partial charge in [0.1, 0.15) is 0 Å². The first-order valence-electron chi connectivity index (χ1n) is 7.53. The van der Waals surface area contributed by atoms with Crippen molar-refractivity contribution in [2.24, 2.45) is 0 Å². The molecule has 3 rings (SSSR count). The third-order valence-electron chi connectivity index (χ3n) is 3.97. The van der Waals surface area contributed by atoms with Crippen molar-refractivity contribution < 1.29 is 26.7 Å². The number of aromatic amines is 1. The van der Waals surface area contributed by atoms with Crippen LogP contribution in [0.3, 0.4) is 0 Å². The molecular weight excluding hydrogens is 373 g/mol. The molecule has 136 valence electrons. The van der Waals surface area contributed by atoms with Crippen molar-refractivity contribution in [2.75, 3.05) is 0 Å². The highest BCUT2D eigenvalue weighted by atomic mass is 32.2. The van der Waals surface area contributed by atoms with E-state index in [-0.39, 0.29) is 0 Å². The number of nitrogens with one attached hydrogen (secondary N) is 1. The van der Waals surface area contributed by atoms with Crippen LogP contribution in [0.5, 0.6) is 0 Å². The Kier molecular flexibility index (Phi) is 4.79. The summed E-state index contributed by atoms with van der Waals surface area (Å²) in [6, 6.07) is 6.98. The van der Waals surface area contributed by atoms with Gasteiger partial charge in [-0.2, -0.15) is 0 Å². The fraction of sp³-hybridized carbons (Fsp3) is 0.167. The molecule has 0 aliphatic carbocycles. The lowest BCUT2D eigenvalue weighted by Crippen LogP contribution is -2.16. The summed E-state index contributed by atoms with van der Waals surface area (Å²) in [5, 5.41) is -0.443. The first kappa shape index (κ1) is 18.4. The predicted molar refractivity (Wildman–Crippen MR) is 88.9 cm³/mol. The predicted octanol–water partition coefficient (Wildman–Crippen LogP) is 5.54. The molecule has 0 saturated heterocycles. The Hall–Kier alpha value is -2.35. The number of H-pyrrole nitrogens is 1. The molecule has 8 heteroatoms. The normalized spacial score (nSPS) is 12.6. The number of halogens is 5. The lowest BCUT2D eigenvalue weighted by Gasteiger charge is -2.13. The van der Waals surface area contributed by atoms with Gasteiger partial charge in [-0.3, -0.25) is 4.79 Å². The SMILES string of the molecule is Cc1[nH]c2ccccc2c1C(=O)[C@H](C)Sc1c(F)c(F)c(F)c(F)c1F. The van der Waals surface area contributed by atoms with Crippen molar-refractivity contribution in [3.8, 4) is 0 Å². The Labute approximate surface area is 149 Å². The molecule has 0 radical (unpaired) electrons. The highest BCUT2D eigenvalue weighted by molar-refractivity contribution is 8.00. The highest BCUT2D eigenvalue weighted by Gasteiger charge is 2.30. The van der Waals surface area contributed by atoms with Crippen molar-refractivity contribution in [1.82, 2.24) is 4.98 Å². The van der Waals surface area contributed by atoms with Crippen LogP contribution < -0.4 is 0 Å². The summed E-state index contributed by atoms with van der Waals surface area (Å²) in [6.07, 6.45) is 0. The number of fused-ring (bicyclic) bond motifs is 1. The fourth-order valence-electron chi connectivity index (χ4n) is 2.72. The van der Waals surface area contributed by atoms with Gasteiger partial charge >= 0.3 is 0 Å². The van der Waals surface area contributed by atoms with Crippen molar-refractivity contribution in [1.29, 1.82) is 0 Å². The van der Waals surface area contributed by atoms with Gasteiger partial charge in [-0.25, -0.2) is 22.0 Å². The molecule has 0 aliphatic heterocycles. The number of hydrogen-bond donors (Lipinski definition) is 1. The van der Waals surface area contributed by atoms with Crippen LogP contribution in [-0.2, 0) is 0 Å². The maximum atomic E-state index is 13.8. The molecule has 3 aromatic rings. The number of carbonyl (C=O) groups is 1. The van der Waals surface area contributed by atoms with Gasteiger partial charge in [0.25, 0.3) is 0 Å². The standard InChI is InChI=1S/C18H12F5NOS/c1-7-11(9-5-3-4-6-10(9)24-7)17(25)8(2)26-18-15(22)13(20)12(19)14(21)16(18)23/h3-6,8,24H,1-2H3/t8-/m0/s1. The molecule has 1 heterocycles. The molecule has 0 fully saturated rings. The largest absolute Gasteiger partial charge is 0.358 e. The van der Waals surface area contributed by atoms with Gasteiger partial charge in [0.15, 0.2) is 29.1 Å². The monoisotopic (exact) mass is 385 g/mol. The van der Waals surface area contributed by atoms with Gasteiger partial charge in [0.05, 0.1) is 10.1 Å². The number of Topliss-reactive ketones (excluding diaryl/α,β-unsaturated/α-hetero) is 1. The molecule has 0 aliphatic rings. The van der Waals surface area contributed by atoms with Gasteiger partial charge < -0.3 is 4.98 Å². The van der Waals surface area contributed by atoms with E-state index in [4.69, 9.17) is 0 Å². The zero-order valence-electron chi connectivity index (χ0n) is 13.6. The highest BCUT2D eigenvalue weighted by Crippen LogP contribution is 2.35. The first-order chi connectivity index (χ1) is 12.2. The fourth-order valence-corrected chi connectivity index (χ4v) is 3.68. The lowest BCUT2D eigenvalue weighted by atomic mass is 10.1. The summed E-state index contributed by atoms with van der Waals surface area (Å²) in [6.45, 7) is 3.02. The Morgan fingerprint density at radius 1 is 0.962 bits per heavy atom. The van der Waals surface area contributed by atoms with E-state index in [1.165, 1.54) is 6.92 Å². The smallest absolute Gasteiger partial charge is 0.200 e. The minimum atomic E-state index is -2.23. The summed E-state index contributed by atoms with van der Waals surface area (Å²) in [5.41, 5.74) is 1.59. The molecule has 0 saturated carbocycles. The van der Waals surface area contributed by atoms with Gasteiger partial charge in [0, 0.05) is 22.2 Å². The second kappa shape index (κ2) is 6.75. The second-order valence-electron chi connectivity index (χ2n) is 5.69. The maximum Gasteiger partial charge on any atom is 0.200 e. The average molecular weight is 385 g/mol. The number of benzene rings is 2. The minimum absolute atomic E-state index is 0.297. The maximum absolute atomic E-state index is 13.8. The van der Waals surface area contributed by atoms with E-state index in [1.807, 2.05) is 0 Å². The number of ketones is 1. The van der Waals surface area contributed by atoms with E-state index in [1.54, 1.807) is 31.2 Å². The van der Waals surface area contributed by atoms with E-state index >= 15 is 0 Å². The van der Waals surface area contributed by atoms with Crippen molar-refractivity contribution >= 4 is 28.4 Å². The zero-order valence-corrected chi connectivity index (χ0v) is 14.4. The molecular formula is C18H12F5NOS. The Morgan fingerprint density at radius 2 is 1.50 bits per heavy atom. The summed E-state index contributed by atoms with van der Waals surface area (Å²) in [7, 11) is 0. The molecule has 2 nitrogen and oxygen atoms in total. The molecule has 0 bridgehead atoms. The third-order valence-corrected chi connectivity index (χ3v) is 5.14. The van der Waals surface area contributed by atoms with E-state index in [0.717, 1.165) is 0 Å². The molecule has 0 amide bonds. The minimum Gasteiger partial charge on any atom is -0.358 e. The van der Waals surface area contributed by atoms with Crippen LogP contribution in [0.4, 0.5) is 22.0 Å². The summed E-state index contributed by atoms with van der Waals surface area (Å²) in [5.74, 6) is -10.7. The summed E-state index contributed by atoms with van der Waals surface area (Å²) >= 11 is 0.297. The van der Waals surface area contributed by atoms with Crippen LogP contribution in [-0.4, -0.2) is 16.0 Å². The van der Waals surface area contributed by atoms with Crippen LogP contribution in [0.15, 0.2) is 29.2 Å². The summed E-state index contributed by atoms with van der Waals surface area (Å²) < 4.78 is 67.5. The molecule has 0 spiro atoms. The quantitative estimate of drug-likeness (QED) is 0.210.